The Morgan fingerprint density at radius 2 is 2.14 bits per heavy atom. The van der Waals surface area contributed by atoms with Crippen LogP contribution in [0.2, 0.25) is 0 Å². The molecule has 1 aromatic heterocycles. The summed E-state index contributed by atoms with van der Waals surface area (Å²) in [6.07, 6.45) is 0. The van der Waals surface area contributed by atoms with E-state index in [2.05, 4.69) is 4.98 Å². The smallest absolute Gasteiger partial charge is 0.132 e. The molecule has 3 aromatic rings. The van der Waals surface area contributed by atoms with Crippen molar-refractivity contribution in [3.05, 3.63) is 47.8 Å². The Hall–Kier alpha value is -2.49. The summed E-state index contributed by atoms with van der Waals surface area (Å²) in [6, 6.07) is 10.6. The van der Waals surface area contributed by atoms with Crippen LogP contribution in [0.4, 0.5) is 4.39 Å². The van der Waals surface area contributed by atoms with E-state index in [0.29, 0.717) is 13.2 Å². The molecule has 0 fully saturated rings. The molecule has 4 rings (SSSR count). The summed E-state index contributed by atoms with van der Waals surface area (Å²) in [6.45, 7) is 3.00. The average Bonchev–Trinajstić information content (AvgIpc) is 2.85. The van der Waals surface area contributed by atoms with Crippen LogP contribution in [0.1, 0.15) is 12.5 Å². The molecule has 21 heavy (non-hydrogen) atoms. The highest BCUT2D eigenvalue weighted by Crippen LogP contribution is 2.42. The van der Waals surface area contributed by atoms with E-state index < -0.39 is 0 Å². The van der Waals surface area contributed by atoms with Crippen LogP contribution in [0.25, 0.3) is 22.2 Å². The zero-order valence-corrected chi connectivity index (χ0v) is 11.6. The second-order valence-electron chi connectivity index (χ2n) is 5.05. The van der Waals surface area contributed by atoms with E-state index in [4.69, 9.17) is 9.47 Å². The van der Waals surface area contributed by atoms with Gasteiger partial charge in [-0.05, 0) is 37.3 Å². The van der Waals surface area contributed by atoms with Gasteiger partial charge in [-0.3, -0.25) is 0 Å². The fraction of sp³-hybridized carbons (Fsp3) is 0.176. The van der Waals surface area contributed by atoms with E-state index in [-0.39, 0.29) is 5.82 Å². The maximum absolute atomic E-state index is 13.4. The highest BCUT2D eigenvalue weighted by Gasteiger charge is 2.22. The summed E-state index contributed by atoms with van der Waals surface area (Å²) >= 11 is 0. The van der Waals surface area contributed by atoms with Crippen LogP contribution in [-0.2, 0) is 6.61 Å². The quantitative estimate of drug-likeness (QED) is 0.762. The summed E-state index contributed by atoms with van der Waals surface area (Å²) in [7, 11) is 0. The van der Waals surface area contributed by atoms with Crippen molar-refractivity contribution in [3.8, 4) is 22.8 Å². The van der Waals surface area contributed by atoms with Crippen molar-refractivity contribution in [1.82, 2.24) is 4.98 Å². The van der Waals surface area contributed by atoms with Gasteiger partial charge in [-0.2, -0.15) is 0 Å². The summed E-state index contributed by atoms with van der Waals surface area (Å²) in [5.41, 5.74) is 3.91. The lowest BCUT2D eigenvalue weighted by molar-refractivity contribution is 0.297. The molecule has 3 nitrogen and oxygen atoms in total. The maximum Gasteiger partial charge on any atom is 0.132 e. The molecule has 0 saturated carbocycles. The van der Waals surface area contributed by atoms with Gasteiger partial charge in [0.15, 0.2) is 0 Å². The van der Waals surface area contributed by atoms with Crippen LogP contribution in [0.3, 0.4) is 0 Å². The topological polar surface area (TPSA) is 34.2 Å². The van der Waals surface area contributed by atoms with Crippen molar-refractivity contribution < 1.29 is 13.9 Å². The summed E-state index contributed by atoms with van der Waals surface area (Å²) in [4.78, 5) is 3.36. The van der Waals surface area contributed by atoms with Gasteiger partial charge in [0.05, 0.1) is 12.3 Å². The zero-order valence-electron chi connectivity index (χ0n) is 11.6. The summed E-state index contributed by atoms with van der Waals surface area (Å²) in [5, 5.41) is 0.879. The van der Waals surface area contributed by atoms with E-state index in [0.717, 1.165) is 39.2 Å². The number of benzene rings is 2. The van der Waals surface area contributed by atoms with Crippen LogP contribution in [0.5, 0.6) is 11.5 Å². The van der Waals surface area contributed by atoms with Gasteiger partial charge in [0.1, 0.15) is 23.9 Å². The van der Waals surface area contributed by atoms with Crippen molar-refractivity contribution in [3.63, 3.8) is 0 Å². The third-order valence-corrected chi connectivity index (χ3v) is 3.77. The molecule has 1 N–H and O–H groups in total. The number of hydrogen-bond donors (Lipinski definition) is 1. The average molecular weight is 283 g/mol. The number of aromatic nitrogens is 1. The number of hydrogen-bond acceptors (Lipinski definition) is 2. The Kier molecular flexibility index (Phi) is 2.64. The van der Waals surface area contributed by atoms with Crippen LogP contribution in [0, 0.1) is 5.82 Å². The van der Waals surface area contributed by atoms with Crippen LogP contribution in [0.15, 0.2) is 36.4 Å². The predicted molar refractivity (Wildman–Crippen MR) is 79.2 cm³/mol. The molecule has 0 atom stereocenters. The summed E-state index contributed by atoms with van der Waals surface area (Å²) in [5.74, 6) is 1.35. The minimum atomic E-state index is -0.234. The van der Waals surface area contributed by atoms with Gasteiger partial charge in [-0.1, -0.05) is 0 Å². The molecule has 0 saturated heterocycles. The third kappa shape index (κ3) is 1.87. The Morgan fingerprint density at radius 3 is 3.00 bits per heavy atom. The first kappa shape index (κ1) is 12.3. The zero-order chi connectivity index (χ0) is 14.4. The van der Waals surface area contributed by atoms with Gasteiger partial charge >= 0.3 is 0 Å². The summed E-state index contributed by atoms with van der Waals surface area (Å²) < 4.78 is 24.8. The molecule has 4 heteroatoms. The predicted octanol–water partition coefficient (Wildman–Crippen LogP) is 4.27. The molecule has 0 amide bonds. The molecule has 106 valence electrons. The molecule has 1 aliphatic rings. The van der Waals surface area contributed by atoms with Crippen LogP contribution < -0.4 is 9.47 Å². The molecule has 2 aromatic carbocycles. The van der Waals surface area contributed by atoms with Gasteiger partial charge in [0.2, 0.25) is 0 Å². The number of H-pyrrole nitrogens is 1. The first-order valence-corrected chi connectivity index (χ1v) is 6.96. The first-order valence-electron chi connectivity index (χ1n) is 6.96. The van der Waals surface area contributed by atoms with E-state index in [1.807, 2.05) is 25.1 Å². The van der Waals surface area contributed by atoms with Crippen molar-refractivity contribution in [2.24, 2.45) is 0 Å². The molecular formula is C17H14FNO2. The lowest BCUT2D eigenvalue weighted by Gasteiger charge is -2.19. The fourth-order valence-electron chi connectivity index (χ4n) is 2.83. The van der Waals surface area contributed by atoms with E-state index in [9.17, 15) is 4.39 Å². The number of halogens is 1. The fourth-order valence-corrected chi connectivity index (χ4v) is 2.83. The SMILES string of the molecule is CCOc1ccc2c(c1)OCc1c-2[nH]c2ccc(F)cc12. The molecule has 0 radical (unpaired) electrons. The molecule has 1 aliphatic heterocycles. The minimum absolute atomic E-state index is 0.234. The van der Waals surface area contributed by atoms with E-state index in [1.54, 1.807) is 12.1 Å². The number of ether oxygens (including phenoxy) is 2. The lowest BCUT2D eigenvalue weighted by Crippen LogP contribution is -2.04. The third-order valence-electron chi connectivity index (χ3n) is 3.77. The monoisotopic (exact) mass is 283 g/mol. The minimum Gasteiger partial charge on any atom is -0.494 e. The molecule has 2 heterocycles. The van der Waals surface area contributed by atoms with Crippen molar-refractivity contribution in [1.29, 1.82) is 0 Å². The van der Waals surface area contributed by atoms with Crippen molar-refractivity contribution >= 4 is 10.9 Å². The van der Waals surface area contributed by atoms with Crippen molar-refractivity contribution in [2.45, 2.75) is 13.5 Å². The Morgan fingerprint density at radius 1 is 1.24 bits per heavy atom. The van der Waals surface area contributed by atoms with Gasteiger partial charge in [0.25, 0.3) is 0 Å². The molecule has 0 bridgehead atoms. The van der Waals surface area contributed by atoms with Gasteiger partial charge in [-0.15, -0.1) is 0 Å². The Labute approximate surface area is 121 Å². The number of fused-ring (bicyclic) bond motifs is 5. The van der Waals surface area contributed by atoms with Crippen LogP contribution in [-0.4, -0.2) is 11.6 Å². The van der Waals surface area contributed by atoms with Crippen molar-refractivity contribution in [2.75, 3.05) is 6.61 Å². The lowest BCUT2D eigenvalue weighted by atomic mass is 10.0. The maximum atomic E-state index is 13.4. The molecular weight excluding hydrogens is 269 g/mol. The molecule has 0 spiro atoms. The second-order valence-corrected chi connectivity index (χ2v) is 5.05. The van der Waals surface area contributed by atoms with E-state index >= 15 is 0 Å². The highest BCUT2D eigenvalue weighted by molar-refractivity contribution is 5.92. The number of nitrogens with one attached hydrogen (secondary N) is 1. The van der Waals surface area contributed by atoms with Gasteiger partial charge < -0.3 is 14.5 Å². The van der Waals surface area contributed by atoms with Gasteiger partial charge in [0, 0.05) is 28.1 Å². The molecule has 0 unspecified atom stereocenters. The first-order chi connectivity index (χ1) is 10.3. The van der Waals surface area contributed by atoms with Crippen LogP contribution >= 0.6 is 0 Å². The normalized spacial score (nSPS) is 12.7. The number of rotatable bonds is 2. The number of aromatic amines is 1. The highest BCUT2D eigenvalue weighted by atomic mass is 19.1. The Balaban J connectivity index is 1.90. The standard InChI is InChI=1S/C17H14FNO2/c1-2-20-11-4-5-12-16(8-11)21-9-14-13-7-10(18)3-6-15(13)19-17(12)14/h3-8,19H,2,9H2,1H3. The molecule has 0 aliphatic carbocycles. The second kappa shape index (κ2) is 4.52. The van der Waals surface area contributed by atoms with E-state index in [1.165, 1.54) is 6.07 Å². The van der Waals surface area contributed by atoms with Gasteiger partial charge in [-0.25, -0.2) is 4.39 Å². The Bertz CT molecular complexity index is 838. The largest absolute Gasteiger partial charge is 0.494 e.